The lowest BCUT2D eigenvalue weighted by molar-refractivity contribution is -0.118. The number of hydrogen-bond acceptors (Lipinski definition) is 3. The lowest BCUT2D eigenvalue weighted by Crippen LogP contribution is -2.45. The fourth-order valence-electron chi connectivity index (χ4n) is 2.90. The largest absolute Gasteiger partial charge is 0.319 e. The maximum Gasteiger partial charge on any atom is 0.243 e. The number of aryl methyl sites for hydroxylation is 1. The van der Waals surface area contributed by atoms with E-state index in [1.807, 2.05) is 11.6 Å². The molecular formula is C15H26N4O. The minimum atomic E-state index is -0.467. The van der Waals surface area contributed by atoms with Gasteiger partial charge in [0.05, 0.1) is 17.3 Å². The lowest BCUT2D eigenvalue weighted by atomic mass is 9.84. The Morgan fingerprint density at radius 2 is 2.05 bits per heavy atom. The molecule has 2 rings (SSSR count). The highest BCUT2D eigenvalue weighted by Gasteiger charge is 2.38. The summed E-state index contributed by atoms with van der Waals surface area (Å²) in [6.45, 7) is 10.4. The minimum absolute atomic E-state index is 0.0785. The third-order valence-electron chi connectivity index (χ3n) is 3.96. The van der Waals surface area contributed by atoms with E-state index in [9.17, 15) is 4.79 Å². The fraction of sp³-hybridized carbons (Fsp3) is 0.733. The van der Waals surface area contributed by atoms with Crippen molar-refractivity contribution in [2.45, 2.75) is 71.4 Å². The second-order valence-corrected chi connectivity index (χ2v) is 6.69. The van der Waals surface area contributed by atoms with E-state index in [1.165, 1.54) is 0 Å². The number of nitrogens with one attached hydrogen (secondary N) is 1. The van der Waals surface area contributed by atoms with Gasteiger partial charge in [-0.05, 0) is 34.1 Å². The second kappa shape index (κ2) is 5.20. The first-order valence-corrected chi connectivity index (χ1v) is 7.43. The molecule has 0 bridgehead atoms. The molecule has 2 heterocycles. The Labute approximate surface area is 120 Å². The zero-order chi connectivity index (χ0) is 15.1. The van der Waals surface area contributed by atoms with Crippen LogP contribution in [-0.4, -0.2) is 21.7 Å². The standard InChI is InChI=1S/C15H26N4O/c1-6-7-8-10-11-9(2)18-19(15(3,4)5)13(11)17-14(20)12(10)16/h10,12H,6-8,16H2,1-5H3,(H,17,20)/t10-,12-/m0/s1. The highest BCUT2D eigenvalue weighted by Crippen LogP contribution is 2.39. The van der Waals surface area contributed by atoms with Gasteiger partial charge in [0.15, 0.2) is 0 Å². The maximum absolute atomic E-state index is 12.1. The molecular weight excluding hydrogens is 252 g/mol. The topological polar surface area (TPSA) is 72.9 Å². The molecule has 112 valence electrons. The molecule has 20 heavy (non-hydrogen) atoms. The van der Waals surface area contributed by atoms with Crippen LogP contribution in [0, 0.1) is 6.92 Å². The van der Waals surface area contributed by atoms with Gasteiger partial charge in [0.1, 0.15) is 5.82 Å². The molecule has 0 spiro atoms. The number of anilines is 1. The molecule has 1 aromatic rings. The van der Waals surface area contributed by atoms with Crippen LogP contribution in [0.15, 0.2) is 0 Å². The lowest BCUT2D eigenvalue weighted by Gasteiger charge is -2.31. The molecule has 2 atom stereocenters. The summed E-state index contributed by atoms with van der Waals surface area (Å²) in [4.78, 5) is 12.1. The van der Waals surface area contributed by atoms with Crippen LogP contribution in [0.4, 0.5) is 5.82 Å². The Hall–Kier alpha value is -1.36. The van der Waals surface area contributed by atoms with E-state index in [4.69, 9.17) is 5.73 Å². The van der Waals surface area contributed by atoms with Crippen molar-refractivity contribution in [3.63, 3.8) is 0 Å². The summed E-state index contributed by atoms with van der Waals surface area (Å²) in [6, 6.07) is -0.467. The summed E-state index contributed by atoms with van der Waals surface area (Å²) in [5.41, 5.74) is 8.06. The van der Waals surface area contributed by atoms with E-state index in [1.54, 1.807) is 0 Å². The molecule has 0 aliphatic carbocycles. The molecule has 1 amide bonds. The normalized spacial score (nSPS) is 22.6. The van der Waals surface area contributed by atoms with Crippen molar-refractivity contribution in [3.05, 3.63) is 11.3 Å². The number of hydrogen-bond donors (Lipinski definition) is 2. The number of fused-ring (bicyclic) bond motifs is 1. The molecule has 3 N–H and O–H groups in total. The number of amides is 1. The zero-order valence-electron chi connectivity index (χ0n) is 13.2. The highest BCUT2D eigenvalue weighted by atomic mass is 16.2. The van der Waals surface area contributed by atoms with Gasteiger partial charge < -0.3 is 11.1 Å². The SMILES string of the molecule is CCCC[C@H]1c2c(C)nn(C(C)(C)C)c2NC(=O)[C@H]1N. The number of nitrogens with zero attached hydrogens (tertiary/aromatic N) is 2. The van der Waals surface area contributed by atoms with E-state index < -0.39 is 6.04 Å². The Balaban J connectivity index is 2.51. The van der Waals surface area contributed by atoms with Crippen LogP contribution in [-0.2, 0) is 10.3 Å². The van der Waals surface area contributed by atoms with Crippen molar-refractivity contribution >= 4 is 11.7 Å². The highest BCUT2D eigenvalue weighted by molar-refractivity contribution is 5.98. The number of unbranched alkanes of at least 4 members (excludes halogenated alkanes) is 1. The summed E-state index contributed by atoms with van der Waals surface area (Å²) in [6.07, 6.45) is 3.12. The number of rotatable bonds is 3. The molecule has 0 saturated heterocycles. The summed E-state index contributed by atoms with van der Waals surface area (Å²) in [7, 11) is 0. The number of aromatic nitrogens is 2. The summed E-state index contributed by atoms with van der Waals surface area (Å²) in [5, 5.41) is 7.59. The third kappa shape index (κ3) is 2.46. The van der Waals surface area contributed by atoms with E-state index in [-0.39, 0.29) is 17.4 Å². The van der Waals surface area contributed by atoms with Crippen molar-refractivity contribution in [2.75, 3.05) is 5.32 Å². The van der Waals surface area contributed by atoms with Gasteiger partial charge in [0, 0.05) is 11.5 Å². The summed E-state index contributed by atoms with van der Waals surface area (Å²) < 4.78 is 1.92. The van der Waals surface area contributed by atoms with E-state index in [2.05, 4.69) is 38.1 Å². The molecule has 0 aromatic carbocycles. The van der Waals surface area contributed by atoms with Gasteiger partial charge >= 0.3 is 0 Å². The Morgan fingerprint density at radius 3 is 2.60 bits per heavy atom. The van der Waals surface area contributed by atoms with Gasteiger partial charge in [-0.25, -0.2) is 4.68 Å². The monoisotopic (exact) mass is 278 g/mol. The Morgan fingerprint density at radius 1 is 1.40 bits per heavy atom. The van der Waals surface area contributed by atoms with Crippen molar-refractivity contribution in [1.82, 2.24) is 9.78 Å². The van der Waals surface area contributed by atoms with Crippen molar-refractivity contribution in [1.29, 1.82) is 0 Å². The zero-order valence-corrected chi connectivity index (χ0v) is 13.2. The van der Waals surface area contributed by atoms with Crippen molar-refractivity contribution < 1.29 is 4.79 Å². The predicted octanol–water partition coefficient (Wildman–Crippen LogP) is 2.50. The predicted molar refractivity (Wildman–Crippen MR) is 80.8 cm³/mol. The van der Waals surface area contributed by atoms with Gasteiger partial charge in [-0.15, -0.1) is 0 Å². The average Bonchev–Trinajstić information content (AvgIpc) is 2.67. The number of nitrogens with two attached hydrogens (primary N) is 1. The van der Waals surface area contributed by atoms with Crippen LogP contribution in [0.1, 0.15) is 64.1 Å². The molecule has 0 saturated carbocycles. The fourth-order valence-corrected chi connectivity index (χ4v) is 2.90. The molecule has 5 nitrogen and oxygen atoms in total. The smallest absolute Gasteiger partial charge is 0.243 e. The van der Waals surface area contributed by atoms with Gasteiger partial charge in [-0.2, -0.15) is 5.10 Å². The van der Waals surface area contributed by atoms with Gasteiger partial charge in [-0.3, -0.25) is 4.79 Å². The molecule has 0 unspecified atom stereocenters. The van der Waals surface area contributed by atoms with Crippen molar-refractivity contribution in [2.24, 2.45) is 5.73 Å². The minimum Gasteiger partial charge on any atom is -0.319 e. The third-order valence-corrected chi connectivity index (χ3v) is 3.96. The summed E-state index contributed by atoms with van der Waals surface area (Å²) in [5.74, 6) is 0.821. The Bertz CT molecular complexity index is 513. The first-order chi connectivity index (χ1) is 9.27. The van der Waals surface area contributed by atoms with Crippen LogP contribution in [0.2, 0.25) is 0 Å². The molecule has 1 aromatic heterocycles. The Kier molecular flexibility index (Phi) is 3.91. The van der Waals surface area contributed by atoms with E-state index in [0.717, 1.165) is 36.3 Å². The molecule has 1 aliphatic rings. The van der Waals surface area contributed by atoms with Crippen LogP contribution in [0.25, 0.3) is 0 Å². The molecule has 0 fully saturated rings. The summed E-state index contributed by atoms with van der Waals surface area (Å²) >= 11 is 0. The van der Waals surface area contributed by atoms with Crippen molar-refractivity contribution in [3.8, 4) is 0 Å². The van der Waals surface area contributed by atoms with Crippen LogP contribution < -0.4 is 11.1 Å². The van der Waals surface area contributed by atoms with E-state index in [0.29, 0.717) is 0 Å². The number of carbonyl (C=O) groups excluding carboxylic acids is 1. The maximum atomic E-state index is 12.1. The van der Waals surface area contributed by atoms with Gasteiger partial charge in [0.25, 0.3) is 0 Å². The first-order valence-electron chi connectivity index (χ1n) is 7.43. The van der Waals surface area contributed by atoms with Crippen LogP contribution in [0.3, 0.4) is 0 Å². The van der Waals surface area contributed by atoms with E-state index >= 15 is 0 Å². The first kappa shape index (κ1) is 15.0. The second-order valence-electron chi connectivity index (χ2n) is 6.69. The van der Waals surface area contributed by atoms with Gasteiger partial charge in [-0.1, -0.05) is 19.8 Å². The van der Waals surface area contributed by atoms with Crippen LogP contribution >= 0.6 is 0 Å². The quantitative estimate of drug-likeness (QED) is 0.892. The van der Waals surface area contributed by atoms with Crippen LogP contribution in [0.5, 0.6) is 0 Å². The van der Waals surface area contributed by atoms with Gasteiger partial charge in [0.2, 0.25) is 5.91 Å². The average molecular weight is 278 g/mol. The molecule has 0 radical (unpaired) electrons. The molecule has 1 aliphatic heterocycles. The molecule has 5 heteroatoms. The number of carbonyl (C=O) groups is 1.